The summed E-state index contributed by atoms with van der Waals surface area (Å²) in [5.74, 6) is 1.31. The summed E-state index contributed by atoms with van der Waals surface area (Å²) in [6, 6.07) is 13.8. The highest BCUT2D eigenvalue weighted by molar-refractivity contribution is 6.06. The standard InChI is InChI=1S/C22H20N6O3/c1-13-19(21(29)27-17-9-8-16(30-2)10-18(17)31-3)20(28-22(26-13)24-12-25-28)15-6-4-14(11-23)5-7-15/h4-10,12,20H,1-3H3,(H,27,29)(H,24,25,26)/t20-/m1/s1. The predicted octanol–water partition coefficient (Wildman–Crippen LogP) is 3.09. The third-order valence-corrected chi connectivity index (χ3v) is 5.05. The van der Waals surface area contributed by atoms with Gasteiger partial charge in [0.25, 0.3) is 5.91 Å². The van der Waals surface area contributed by atoms with Crippen LogP contribution in [0.25, 0.3) is 0 Å². The summed E-state index contributed by atoms with van der Waals surface area (Å²) in [5.41, 5.74) is 2.97. The molecule has 0 fully saturated rings. The fraction of sp³-hybridized carbons (Fsp3) is 0.182. The van der Waals surface area contributed by atoms with Crippen LogP contribution in [0.1, 0.15) is 24.1 Å². The Morgan fingerprint density at radius 1 is 1.19 bits per heavy atom. The van der Waals surface area contributed by atoms with E-state index in [0.29, 0.717) is 40.0 Å². The molecule has 9 heteroatoms. The van der Waals surface area contributed by atoms with Crippen LogP contribution >= 0.6 is 0 Å². The summed E-state index contributed by atoms with van der Waals surface area (Å²) in [7, 11) is 3.09. The van der Waals surface area contributed by atoms with Gasteiger partial charge in [0.2, 0.25) is 5.95 Å². The van der Waals surface area contributed by atoms with Gasteiger partial charge in [-0.05, 0) is 36.8 Å². The maximum Gasteiger partial charge on any atom is 0.255 e. The van der Waals surface area contributed by atoms with Gasteiger partial charge in [-0.1, -0.05) is 12.1 Å². The fourth-order valence-corrected chi connectivity index (χ4v) is 3.52. The maximum absolute atomic E-state index is 13.4. The highest BCUT2D eigenvalue weighted by Gasteiger charge is 2.33. The summed E-state index contributed by atoms with van der Waals surface area (Å²) in [4.78, 5) is 17.7. The number of amides is 1. The molecule has 2 heterocycles. The van der Waals surface area contributed by atoms with Crippen molar-refractivity contribution in [1.29, 1.82) is 5.26 Å². The van der Waals surface area contributed by atoms with Gasteiger partial charge in [0.1, 0.15) is 23.9 Å². The van der Waals surface area contributed by atoms with Crippen LogP contribution in [0.4, 0.5) is 11.6 Å². The summed E-state index contributed by atoms with van der Waals surface area (Å²) < 4.78 is 12.3. The number of carbonyl (C=O) groups is 1. The molecule has 0 radical (unpaired) electrons. The average Bonchev–Trinajstić information content (AvgIpc) is 3.26. The molecule has 0 saturated heterocycles. The van der Waals surface area contributed by atoms with E-state index in [-0.39, 0.29) is 5.91 Å². The Hall–Kier alpha value is -4.32. The quantitative estimate of drug-likeness (QED) is 0.657. The minimum Gasteiger partial charge on any atom is -0.497 e. The van der Waals surface area contributed by atoms with E-state index in [1.54, 1.807) is 42.1 Å². The lowest BCUT2D eigenvalue weighted by molar-refractivity contribution is -0.113. The number of hydrogen-bond donors (Lipinski definition) is 2. The molecule has 156 valence electrons. The molecular formula is C22H20N6O3. The monoisotopic (exact) mass is 416 g/mol. The molecule has 9 nitrogen and oxygen atoms in total. The first-order valence-corrected chi connectivity index (χ1v) is 9.46. The summed E-state index contributed by atoms with van der Waals surface area (Å²) in [5, 5.41) is 19.5. The zero-order valence-corrected chi connectivity index (χ0v) is 17.2. The van der Waals surface area contributed by atoms with Crippen LogP contribution in [0.5, 0.6) is 11.5 Å². The molecule has 4 rings (SSSR count). The molecule has 0 unspecified atom stereocenters. The van der Waals surface area contributed by atoms with Gasteiger partial charge in [-0.15, -0.1) is 0 Å². The van der Waals surface area contributed by atoms with E-state index in [9.17, 15) is 4.79 Å². The van der Waals surface area contributed by atoms with Crippen molar-refractivity contribution in [3.05, 3.63) is 71.2 Å². The first-order valence-electron chi connectivity index (χ1n) is 9.46. The van der Waals surface area contributed by atoms with Crippen molar-refractivity contribution in [2.24, 2.45) is 0 Å². The first-order chi connectivity index (χ1) is 15.0. The minimum atomic E-state index is -0.518. The van der Waals surface area contributed by atoms with E-state index >= 15 is 0 Å². The second-order valence-electron chi connectivity index (χ2n) is 6.85. The number of benzene rings is 2. The van der Waals surface area contributed by atoms with Crippen LogP contribution in [0, 0.1) is 11.3 Å². The lowest BCUT2D eigenvalue weighted by Gasteiger charge is -2.29. The van der Waals surface area contributed by atoms with Crippen LogP contribution in [0.15, 0.2) is 60.1 Å². The maximum atomic E-state index is 13.4. The van der Waals surface area contributed by atoms with Gasteiger partial charge in [-0.2, -0.15) is 15.3 Å². The largest absolute Gasteiger partial charge is 0.497 e. The Morgan fingerprint density at radius 3 is 2.65 bits per heavy atom. The van der Waals surface area contributed by atoms with Gasteiger partial charge in [0, 0.05) is 11.8 Å². The number of fused-ring (bicyclic) bond motifs is 1. The molecule has 2 aromatic carbocycles. The van der Waals surface area contributed by atoms with Crippen molar-refractivity contribution < 1.29 is 14.3 Å². The van der Waals surface area contributed by atoms with Crippen LogP contribution in [0.2, 0.25) is 0 Å². The van der Waals surface area contributed by atoms with E-state index in [1.807, 2.05) is 19.1 Å². The fourth-order valence-electron chi connectivity index (χ4n) is 3.52. The number of allylic oxidation sites excluding steroid dienone is 1. The number of nitrogens with one attached hydrogen (secondary N) is 2. The molecule has 2 N–H and O–H groups in total. The van der Waals surface area contributed by atoms with Gasteiger partial charge >= 0.3 is 0 Å². The third kappa shape index (κ3) is 3.67. The number of hydrogen-bond acceptors (Lipinski definition) is 7. The molecule has 31 heavy (non-hydrogen) atoms. The summed E-state index contributed by atoms with van der Waals surface area (Å²) in [6.07, 6.45) is 1.43. The number of rotatable bonds is 5. The van der Waals surface area contributed by atoms with Gasteiger partial charge < -0.3 is 20.1 Å². The molecule has 0 saturated carbocycles. The van der Waals surface area contributed by atoms with Crippen LogP contribution in [0.3, 0.4) is 0 Å². The first kappa shape index (κ1) is 20.0. The Labute approximate surface area is 178 Å². The minimum absolute atomic E-state index is 0.316. The molecule has 1 aliphatic rings. The topological polar surface area (TPSA) is 114 Å². The lowest BCUT2D eigenvalue weighted by atomic mass is 9.94. The molecule has 1 atom stereocenters. The van der Waals surface area contributed by atoms with E-state index in [4.69, 9.17) is 14.7 Å². The number of ether oxygens (including phenoxy) is 2. The highest BCUT2D eigenvalue weighted by Crippen LogP contribution is 2.36. The van der Waals surface area contributed by atoms with Gasteiger partial charge in [0.05, 0.1) is 37.1 Å². The van der Waals surface area contributed by atoms with Crippen molar-refractivity contribution in [2.75, 3.05) is 24.9 Å². The Balaban J connectivity index is 1.74. The van der Waals surface area contributed by atoms with Crippen LogP contribution in [-0.4, -0.2) is 34.9 Å². The molecule has 3 aromatic rings. The highest BCUT2D eigenvalue weighted by atomic mass is 16.5. The van der Waals surface area contributed by atoms with Crippen LogP contribution in [-0.2, 0) is 4.79 Å². The normalized spacial score (nSPS) is 14.8. The van der Waals surface area contributed by atoms with E-state index < -0.39 is 6.04 Å². The van der Waals surface area contributed by atoms with E-state index in [0.717, 1.165) is 5.56 Å². The summed E-state index contributed by atoms with van der Waals surface area (Å²) >= 11 is 0. The van der Waals surface area contributed by atoms with Gasteiger partial charge in [0.15, 0.2) is 0 Å². The number of aromatic nitrogens is 3. The second-order valence-corrected chi connectivity index (χ2v) is 6.85. The molecular weight excluding hydrogens is 396 g/mol. The van der Waals surface area contributed by atoms with Crippen molar-refractivity contribution in [2.45, 2.75) is 13.0 Å². The number of methoxy groups -OCH3 is 2. The van der Waals surface area contributed by atoms with Crippen molar-refractivity contribution in [3.8, 4) is 17.6 Å². The molecule has 0 bridgehead atoms. The Kier molecular flexibility index (Phi) is 5.28. The summed E-state index contributed by atoms with van der Waals surface area (Å²) in [6.45, 7) is 1.81. The van der Waals surface area contributed by atoms with Crippen molar-refractivity contribution >= 4 is 17.5 Å². The SMILES string of the molecule is COc1ccc(NC(=O)C2=C(C)Nc3ncnn3[C@@H]2c2ccc(C#N)cc2)c(OC)c1. The second kappa shape index (κ2) is 8.20. The van der Waals surface area contributed by atoms with E-state index in [2.05, 4.69) is 26.8 Å². The predicted molar refractivity (Wildman–Crippen MR) is 114 cm³/mol. The molecule has 0 aliphatic carbocycles. The smallest absolute Gasteiger partial charge is 0.255 e. The van der Waals surface area contributed by atoms with Crippen molar-refractivity contribution in [1.82, 2.24) is 14.8 Å². The van der Waals surface area contributed by atoms with Gasteiger partial charge in [-0.3, -0.25) is 4.79 Å². The molecule has 1 aromatic heterocycles. The molecule has 0 spiro atoms. The number of carbonyl (C=O) groups excluding carboxylic acids is 1. The number of nitrogens with zero attached hydrogens (tertiary/aromatic N) is 4. The lowest BCUT2D eigenvalue weighted by Crippen LogP contribution is -2.31. The van der Waals surface area contributed by atoms with Crippen LogP contribution < -0.4 is 20.1 Å². The Bertz CT molecular complexity index is 1210. The molecule has 1 aliphatic heterocycles. The molecule has 1 amide bonds. The van der Waals surface area contributed by atoms with Crippen molar-refractivity contribution in [3.63, 3.8) is 0 Å². The van der Waals surface area contributed by atoms with E-state index in [1.165, 1.54) is 13.4 Å². The zero-order valence-electron chi connectivity index (χ0n) is 17.2. The number of nitriles is 1. The zero-order chi connectivity index (χ0) is 22.0. The Morgan fingerprint density at radius 2 is 1.97 bits per heavy atom. The third-order valence-electron chi connectivity index (χ3n) is 5.05. The number of anilines is 2. The van der Waals surface area contributed by atoms with Gasteiger partial charge in [-0.25, -0.2) is 4.68 Å². The average molecular weight is 416 g/mol.